The molecule has 11 heteroatoms. The number of sulfonamides is 1. The number of piperidine rings is 1. The molecule has 0 radical (unpaired) electrons. The first kappa shape index (κ1) is 29.9. The van der Waals surface area contributed by atoms with E-state index in [-0.39, 0.29) is 28.8 Å². The molecule has 0 aromatic heterocycles. The summed E-state index contributed by atoms with van der Waals surface area (Å²) in [6.45, 7) is 0.970. The monoisotopic (exact) mass is 603 g/mol. The van der Waals surface area contributed by atoms with E-state index in [9.17, 15) is 21.9 Å². The van der Waals surface area contributed by atoms with E-state index < -0.39 is 32.6 Å². The quantitative estimate of drug-likeness (QED) is 0.341. The lowest BCUT2D eigenvalue weighted by Gasteiger charge is -2.38. The summed E-state index contributed by atoms with van der Waals surface area (Å²) < 4.78 is 64.5. The molecule has 0 amide bonds. The molecule has 2 saturated heterocycles. The number of aliphatic hydroxyl groups excluding tert-OH is 2. The number of hydrogen-bond donors (Lipinski definition) is 2. The molecule has 41 heavy (non-hydrogen) atoms. The molecule has 0 aliphatic carbocycles. The van der Waals surface area contributed by atoms with Crippen LogP contribution in [0.2, 0.25) is 0 Å². The smallest absolute Gasteiger partial charge is 0.243 e. The van der Waals surface area contributed by atoms with Crippen LogP contribution in [0.15, 0.2) is 76.5 Å². The molecule has 9 nitrogen and oxygen atoms in total. The fraction of sp³-hybridized carbons (Fsp3) is 0.467. The maximum absolute atomic E-state index is 13.3. The van der Waals surface area contributed by atoms with Crippen LogP contribution in [0.3, 0.4) is 0 Å². The van der Waals surface area contributed by atoms with Crippen molar-refractivity contribution in [2.24, 2.45) is 5.92 Å². The highest BCUT2D eigenvalue weighted by Crippen LogP contribution is 2.41. The number of aliphatic hydroxyl groups is 2. The van der Waals surface area contributed by atoms with Crippen molar-refractivity contribution in [1.82, 2.24) is 4.31 Å². The fourth-order valence-electron chi connectivity index (χ4n) is 5.78. The average Bonchev–Trinajstić information content (AvgIpc) is 3.37. The Balaban J connectivity index is 1.09. The zero-order chi connectivity index (χ0) is 29.1. The minimum atomic E-state index is -3.59. The maximum Gasteiger partial charge on any atom is 0.243 e. The number of ether oxygens (including phenoxy) is 2. The van der Waals surface area contributed by atoms with Crippen molar-refractivity contribution < 1.29 is 36.5 Å². The van der Waals surface area contributed by atoms with Gasteiger partial charge in [-0.2, -0.15) is 4.31 Å². The van der Waals surface area contributed by atoms with E-state index in [0.717, 1.165) is 23.6 Å². The molecule has 1 unspecified atom stereocenters. The first-order chi connectivity index (χ1) is 19.6. The lowest BCUT2D eigenvalue weighted by Crippen LogP contribution is -2.46. The van der Waals surface area contributed by atoms with Crippen molar-refractivity contribution in [2.45, 2.75) is 53.6 Å². The third-order valence-corrected chi connectivity index (χ3v) is 11.7. The second-order valence-electron chi connectivity index (χ2n) is 11.0. The summed E-state index contributed by atoms with van der Waals surface area (Å²) in [5, 5.41) is 21.4. The normalized spacial score (nSPS) is 20.4. The van der Waals surface area contributed by atoms with Crippen molar-refractivity contribution in [2.75, 3.05) is 38.7 Å². The Labute approximate surface area is 241 Å². The van der Waals surface area contributed by atoms with Gasteiger partial charge in [0.1, 0.15) is 12.4 Å². The van der Waals surface area contributed by atoms with Gasteiger partial charge in [0, 0.05) is 13.1 Å². The van der Waals surface area contributed by atoms with Crippen molar-refractivity contribution in [3.8, 4) is 5.75 Å². The van der Waals surface area contributed by atoms with Crippen molar-refractivity contribution in [3.63, 3.8) is 0 Å². The van der Waals surface area contributed by atoms with Crippen molar-refractivity contribution >= 4 is 30.6 Å². The molecule has 2 N–H and O–H groups in total. The lowest BCUT2D eigenvalue weighted by atomic mass is 9.84. The number of hydrogen-bond acceptors (Lipinski definition) is 8. The van der Waals surface area contributed by atoms with Crippen LogP contribution < -0.4 is 4.74 Å². The van der Waals surface area contributed by atoms with E-state index in [1.165, 1.54) is 12.1 Å². The maximum atomic E-state index is 13.3. The third-order valence-electron chi connectivity index (χ3n) is 8.15. The van der Waals surface area contributed by atoms with Gasteiger partial charge in [-0.25, -0.2) is 16.8 Å². The summed E-state index contributed by atoms with van der Waals surface area (Å²) in [7, 11) is -7.17. The van der Waals surface area contributed by atoms with Crippen LogP contribution in [0.5, 0.6) is 5.75 Å². The summed E-state index contributed by atoms with van der Waals surface area (Å²) >= 11 is 0. The van der Waals surface area contributed by atoms with Gasteiger partial charge in [0.05, 0.1) is 40.5 Å². The Morgan fingerprint density at radius 3 is 2.46 bits per heavy atom. The second-order valence-corrected chi connectivity index (χ2v) is 15.1. The van der Waals surface area contributed by atoms with E-state index in [1.54, 1.807) is 28.6 Å². The van der Waals surface area contributed by atoms with Crippen LogP contribution in [0, 0.1) is 5.92 Å². The van der Waals surface area contributed by atoms with Crippen molar-refractivity contribution in [3.05, 3.63) is 66.7 Å². The van der Waals surface area contributed by atoms with Gasteiger partial charge in [-0.1, -0.05) is 36.4 Å². The molecular weight excluding hydrogens is 566 g/mol. The molecule has 1 spiro atoms. The minimum Gasteiger partial charge on any atom is -0.491 e. The predicted octanol–water partition coefficient (Wildman–Crippen LogP) is 3.39. The zero-order valence-corrected chi connectivity index (χ0v) is 24.5. The van der Waals surface area contributed by atoms with Crippen LogP contribution >= 0.6 is 0 Å². The summed E-state index contributed by atoms with van der Waals surface area (Å²) in [5.41, 5.74) is -0.331. The number of sulfone groups is 1. The van der Waals surface area contributed by atoms with Gasteiger partial charge in [-0.3, -0.25) is 0 Å². The van der Waals surface area contributed by atoms with Gasteiger partial charge in [0.15, 0.2) is 9.84 Å². The average molecular weight is 604 g/mol. The van der Waals surface area contributed by atoms with Gasteiger partial charge < -0.3 is 19.7 Å². The Bertz CT molecular complexity index is 1570. The first-order valence-electron chi connectivity index (χ1n) is 14.0. The molecule has 2 aliphatic rings. The van der Waals surface area contributed by atoms with Crippen LogP contribution in [-0.4, -0.2) is 81.7 Å². The topological polar surface area (TPSA) is 130 Å². The Kier molecular flexibility index (Phi) is 9.03. The van der Waals surface area contributed by atoms with Gasteiger partial charge >= 0.3 is 0 Å². The molecule has 2 aliphatic heterocycles. The SMILES string of the molecule is O=S(=O)(CCO)c1cccc(OC[C@@H](O)CCC2COC3(CCN(S(=O)(=O)c4ccc5ccccc5c4)CC3)C2)c1. The number of rotatable bonds is 11. The van der Waals surface area contributed by atoms with Crippen LogP contribution in [-0.2, 0) is 24.6 Å². The predicted molar refractivity (Wildman–Crippen MR) is 155 cm³/mol. The standard InChI is InChI=1S/C30H37NO8S2/c32-16-17-40(34,35)28-7-3-6-27(19-28)38-22-26(33)10-8-23-20-30(39-21-23)12-14-31(15-13-30)41(36,37)29-11-9-24-4-1-2-5-25(24)18-29/h1-7,9,11,18-19,23,26,32-33H,8,10,12-17,20-22H2/t23?,26-/m0/s1. The zero-order valence-electron chi connectivity index (χ0n) is 22.9. The van der Waals surface area contributed by atoms with Gasteiger partial charge in [0.2, 0.25) is 10.0 Å². The molecule has 0 saturated carbocycles. The van der Waals surface area contributed by atoms with Gasteiger partial charge in [0.25, 0.3) is 0 Å². The molecule has 2 atom stereocenters. The van der Waals surface area contributed by atoms with E-state index >= 15 is 0 Å². The minimum absolute atomic E-state index is 0.0316. The van der Waals surface area contributed by atoms with E-state index in [4.69, 9.17) is 14.6 Å². The number of fused-ring (bicyclic) bond motifs is 1. The van der Waals surface area contributed by atoms with Crippen LogP contribution in [0.25, 0.3) is 10.8 Å². The molecule has 222 valence electrons. The number of nitrogens with zero attached hydrogens (tertiary/aromatic N) is 1. The van der Waals surface area contributed by atoms with E-state index in [2.05, 4.69) is 0 Å². The highest BCUT2D eigenvalue weighted by atomic mass is 32.2. The third kappa shape index (κ3) is 6.93. The first-order valence-corrected chi connectivity index (χ1v) is 17.1. The second kappa shape index (κ2) is 12.4. The Morgan fingerprint density at radius 1 is 0.951 bits per heavy atom. The molecule has 3 aromatic rings. The molecule has 3 aromatic carbocycles. The van der Waals surface area contributed by atoms with Crippen LogP contribution in [0.1, 0.15) is 32.1 Å². The number of benzene rings is 3. The fourth-order valence-corrected chi connectivity index (χ4v) is 8.32. The molecule has 5 rings (SSSR count). The van der Waals surface area contributed by atoms with Gasteiger partial charge in [-0.05, 0) is 79.1 Å². The highest BCUT2D eigenvalue weighted by molar-refractivity contribution is 7.91. The van der Waals surface area contributed by atoms with Gasteiger partial charge in [-0.15, -0.1) is 0 Å². The summed E-state index contributed by atoms with van der Waals surface area (Å²) in [6.07, 6.45) is 2.63. The molecule has 0 bridgehead atoms. The van der Waals surface area contributed by atoms with Crippen molar-refractivity contribution in [1.29, 1.82) is 0 Å². The summed E-state index contributed by atoms with van der Waals surface area (Å²) in [5.74, 6) is 0.249. The Morgan fingerprint density at radius 2 is 1.71 bits per heavy atom. The molecular formula is C30H37NO8S2. The summed E-state index contributed by atoms with van der Waals surface area (Å²) in [6, 6.07) is 19.0. The van der Waals surface area contributed by atoms with E-state index in [0.29, 0.717) is 49.6 Å². The molecule has 2 heterocycles. The highest BCUT2D eigenvalue weighted by Gasteiger charge is 2.44. The molecule has 2 fully saturated rings. The van der Waals surface area contributed by atoms with E-state index in [1.807, 2.05) is 30.3 Å². The largest absolute Gasteiger partial charge is 0.491 e. The summed E-state index contributed by atoms with van der Waals surface area (Å²) in [4.78, 5) is 0.384. The van der Waals surface area contributed by atoms with Crippen LogP contribution in [0.4, 0.5) is 0 Å². The lowest BCUT2D eigenvalue weighted by molar-refractivity contribution is -0.0314. The Hall–Kier alpha value is -2.54.